The molecule has 1 aliphatic heterocycles. The Balaban J connectivity index is 1.42. The van der Waals surface area contributed by atoms with Crippen LogP contribution in [0.4, 0.5) is 0 Å². The fourth-order valence-corrected chi connectivity index (χ4v) is 3.91. The fraction of sp³-hybridized carbons (Fsp3) is 0.435. The first-order valence-corrected chi connectivity index (χ1v) is 9.92. The van der Waals surface area contributed by atoms with Gasteiger partial charge in [-0.2, -0.15) is 0 Å². The summed E-state index contributed by atoms with van der Waals surface area (Å²) in [4.78, 5) is 12.9. The van der Waals surface area contributed by atoms with E-state index < -0.39 is 0 Å². The SMILES string of the molecule is CCCCOC1CCC2C(=O)C(Oc3ccc4ccccc4c3)=COC2C1. The highest BCUT2D eigenvalue weighted by atomic mass is 16.5. The molecule has 0 saturated heterocycles. The van der Waals surface area contributed by atoms with E-state index in [2.05, 4.69) is 13.0 Å². The number of rotatable bonds is 6. The molecule has 2 aromatic rings. The van der Waals surface area contributed by atoms with E-state index in [0.717, 1.165) is 49.5 Å². The number of carbonyl (C=O) groups is 1. The molecular weight excluding hydrogens is 340 g/mol. The second-order valence-corrected chi connectivity index (χ2v) is 7.40. The maximum absolute atomic E-state index is 12.9. The molecule has 0 bridgehead atoms. The number of Topliss-reactive ketones (excluding diaryl/α,β-unsaturated/α-hetero) is 1. The molecule has 1 heterocycles. The van der Waals surface area contributed by atoms with Crippen LogP contribution in [0.25, 0.3) is 10.8 Å². The summed E-state index contributed by atoms with van der Waals surface area (Å²) in [5.74, 6) is 0.881. The first kappa shape index (κ1) is 18.1. The zero-order valence-electron chi connectivity index (χ0n) is 15.7. The maximum atomic E-state index is 12.9. The summed E-state index contributed by atoms with van der Waals surface area (Å²) < 4.78 is 17.7. The molecule has 0 spiro atoms. The van der Waals surface area contributed by atoms with Gasteiger partial charge in [-0.15, -0.1) is 0 Å². The number of unbranched alkanes of at least 4 members (excludes halogenated alkanes) is 1. The molecule has 0 amide bonds. The first-order chi connectivity index (χ1) is 13.2. The number of hydrogen-bond acceptors (Lipinski definition) is 4. The molecule has 142 valence electrons. The lowest BCUT2D eigenvalue weighted by Gasteiger charge is -2.37. The van der Waals surface area contributed by atoms with Gasteiger partial charge in [-0.25, -0.2) is 0 Å². The lowest BCUT2D eigenvalue weighted by molar-refractivity contribution is -0.133. The van der Waals surface area contributed by atoms with Gasteiger partial charge >= 0.3 is 0 Å². The van der Waals surface area contributed by atoms with Crippen LogP contribution >= 0.6 is 0 Å². The molecule has 0 aromatic heterocycles. The molecule has 2 aromatic carbocycles. The Morgan fingerprint density at radius 2 is 1.96 bits per heavy atom. The average molecular weight is 366 g/mol. The van der Waals surface area contributed by atoms with Gasteiger partial charge < -0.3 is 14.2 Å². The summed E-state index contributed by atoms with van der Waals surface area (Å²) >= 11 is 0. The van der Waals surface area contributed by atoms with E-state index in [9.17, 15) is 4.79 Å². The van der Waals surface area contributed by atoms with Gasteiger partial charge in [-0.05, 0) is 42.2 Å². The molecule has 0 radical (unpaired) electrons. The summed E-state index contributed by atoms with van der Waals surface area (Å²) in [5.41, 5.74) is 0. The average Bonchev–Trinajstić information content (AvgIpc) is 2.70. The van der Waals surface area contributed by atoms with E-state index in [1.807, 2.05) is 36.4 Å². The van der Waals surface area contributed by atoms with Gasteiger partial charge in [0.05, 0.1) is 12.0 Å². The molecule has 1 fully saturated rings. The van der Waals surface area contributed by atoms with Crippen molar-refractivity contribution < 1.29 is 19.0 Å². The molecule has 1 aliphatic carbocycles. The fourth-order valence-electron chi connectivity index (χ4n) is 3.91. The summed E-state index contributed by atoms with van der Waals surface area (Å²) in [5, 5.41) is 2.23. The van der Waals surface area contributed by atoms with E-state index in [1.54, 1.807) is 0 Å². The molecule has 4 rings (SSSR count). The van der Waals surface area contributed by atoms with Crippen molar-refractivity contribution >= 4 is 16.6 Å². The molecule has 27 heavy (non-hydrogen) atoms. The third-order valence-corrected chi connectivity index (χ3v) is 5.47. The molecule has 1 saturated carbocycles. The molecule has 4 nitrogen and oxygen atoms in total. The Morgan fingerprint density at radius 3 is 2.81 bits per heavy atom. The van der Waals surface area contributed by atoms with Crippen molar-refractivity contribution in [2.24, 2.45) is 5.92 Å². The molecule has 3 unspecified atom stereocenters. The Morgan fingerprint density at radius 1 is 1.11 bits per heavy atom. The van der Waals surface area contributed by atoms with Gasteiger partial charge in [0.15, 0.2) is 0 Å². The minimum Gasteiger partial charge on any atom is -0.493 e. The number of hydrogen-bond donors (Lipinski definition) is 0. The van der Waals surface area contributed by atoms with E-state index in [1.165, 1.54) is 6.26 Å². The number of benzene rings is 2. The quantitative estimate of drug-likeness (QED) is 0.674. The Bertz CT molecular complexity index is 841. The maximum Gasteiger partial charge on any atom is 0.207 e. The molecule has 0 N–H and O–H groups in total. The number of carbonyl (C=O) groups excluding carboxylic acids is 1. The largest absolute Gasteiger partial charge is 0.493 e. The zero-order chi connectivity index (χ0) is 18.6. The number of ether oxygens (including phenoxy) is 3. The normalized spacial score (nSPS) is 24.9. The van der Waals surface area contributed by atoms with Crippen molar-refractivity contribution in [1.82, 2.24) is 0 Å². The van der Waals surface area contributed by atoms with Crippen molar-refractivity contribution in [1.29, 1.82) is 0 Å². The second-order valence-electron chi connectivity index (χ2n) is 7.40. The van der Waals surface area contributed by atoms with Crippen LogP contribution in [-0.2, 0) is 14.3 Å². The lowest BCUT2D eigenvalue weighted by atomic mass is 9.80. The predicted molar refractivity (Wildman–Crippen MR) is 105 cm³/mol. The monoisotopic (exact) mass is 366 g/mol. The number of ketones is 1. The standard InChI is InChI=1S/C23H26O4/c1-2-3-12-25-18-10-11-20-21(14-18)26-15-22(23(20)24)27-19-9-8-16-6-4-5-7-17(16)13-19/h4-9,13,15,18,20-21H,2-3,10-12,14H2,1H3. The van der Waals surface area contributed by atoms with Crippen LogP contribution < -0.4 is 4.74 Å². The van der Waals surface area contributed by atoms with Gasteiger partial charge in [0.25, 0.3) is 0 Å². The van der Waals surface area contributed by atoms with Crippen LogP contribution in [0.5, 0.6) is 5.75 Å². The summed E-state index contributed by atoms with van der Waals surface area (Å²) in [6.45, 7) is 2.95. The van der Waals surface area contributed by atoms with Crippen LogP contribution in [-0.4, -0.2) is 24.6 Å². The Hall–Kier alpha value is -2.33. The van der Waals surface area contributed by atoms with Crippen molar-refractivity contribution in [3.8, 4) is 5.75 Å². The third-order valence-electron chi connectivity index (χ3n) is 5.47. The highest BCUT2D eigenvalue weighted by molar-refractivity contribution is 5.96. The Labute approximate surface area is 160 Å². The van der Waals surface area contributed by atoms with Gasteiger partial charge in [0, 0.05) is 13.0 Å². The van der Waals surface area contributed by atoms with Gasteiger partial charge in [0.2, 0.25) is 11.5 Å². The van der Waals surface area contributed by atoms with E-state index in [0.29, 0.717) is 11.5 Å². The number of fused-ring (bicyclic) bond motifs is 2. The van der Waals surface area contributed by atoms with Crippen molar-refractivity contribution in [2.45, 2.75) is 51.2 Å². The van der Waals surface area contributed by atoms with Crippen LogP contribution in [0, 0.1) is 5.92 Å². The molecule has 4 heteroatoms. The Kier molecular flexibility index (Phi) is 5.44. The zero-order valence-corrected chi connectivity index (χ0v) is 15.7. The minimum absolute atomic E-state index is 0.0476. The molecule has 3 atom stereocenters. The van der Waals surface area contributed by atoms with Crippen LogP contribution in [0.15, 0.2) is 54.5 Å². The molecular formula is C23H26O4. The summed E-state index contributed by atoms with van der Waals surface area (Å²) in [6, 6.07) is 13.9. The van der Waals surface area contributed by atoms with Crippen molar-refractivity contribution in [3.63, 3.8) is 0 Å². The van der Waals surface area contributed by atoms with Crippen molar-refractivity contribution in [2.75, 3.05) is 6.61 Å². The van der Waals surface area contributed by atoms with E-state index in [-0.39, 0.29) is 23.9 Å². The smallest absolute Gasteiger partial charge is 0.207 e. The minimum atomic E-state index is -0.128. The van der Waals surface area contributed by atoms with E-state index >= 15 is 0 Å². The summed E-state index contributed by atoms with van der Waals surface area (Å²) in [7, 11) is 0. The van der Waals surface area contributed by atoms with Gasteiger partial charge in [-0.3, -0.25) is 4.79 Å². The van der Waals surface area contributed by atoms with Crippen LogP contribution in [0.3, 0.4) is 0 Å². The van der Waals surface area contributed by atoms with Crippen LogP contribution in [0.2, 0.25) is 0 Å². The molecule has 2 aliphatic rings. The topological polar surface area (TPSA) is 44.8 Å². The van der Waals surface area contributed by atoms with Gasteiger partial charge in [0.1, 0.15) is 18.1 Å². The lowest BCUT2D eigenvalue weighted by Crippen LogP contribution is -2.42. The first-order valence-electron chi connectivity index (χ1n) is 9.92. The van der Waals surface area contributed by atoms with Crippen molar-refractivity contribution in [3.05, 3.63) is 54.5 Å². The number of allylic oxidation sites excluding steroid dienone is 1. The summed E-state index contributed by atoms with van der Waals surface area (Å²) in [6.07, 6.45) is 6.28. The van der Waals surface area contributed by atoms with E-state index in [4.69, 9.17) is 14.2 Å². The highest BCUT2D eigenvalue weighted by Crippen LogP contribution is 2.35. The second kappa shape index (κ2) is 8.13. The van der Waals surface area contributed by atoms with Crippen LogP contribution in [0.1, 0.15) is 39.0 Å². The predicted octanol–water partition coefficient (Wildman–Crippen LogP) is 5.01. The third kappa shape index (κ3) is 4.01. The van der Waals surface area contributed by atoms with Gasteiger partial charge in [-0.1, -0.05) is 43.7 Å². The highest BCUT2D eigenvalue weighted by Gasteiger charge is 2.41.